The quantitative estimate of drug-likeness (QED) is 0.369. The van der Waals surface area contributed by atoms with Crippen molar-refractivity contribution in [1.29, 1.82) is 0 Å². The lowest BCUT2D eigenvalue weighted by molar-refractivity contribution is 0.0496. The zero-order valence-electron chi connectivity index (χ0n) is 20.1. The molecule has 1 atom stereocenters. The van der Waals surface area contributed by atoms with Gasteiger partial charge >= 0.3 is 0 Å². The van der Waals surface area contributed by atoms with Crippen molar-refractivity contribution < 1.29 is 22.1 Å². The molecule has 1 heterocycles. The Morgan fingerprint density at radius 2 is 1.91 bits per heavy atom. The van der Waals surface area contributed by atoms with Crippen molar-refractivity contribution in [3.63, 3.8) is 0 Å². The van der Waals surface area contributed by atoms with Gasteiger partial charge in [-0.3, -0.25) is 9.86 Å². The number of nitrogens with one attached hydrogen (secondary N) is 1. The highest BCUT2D eigenvalue weighted by atomic mass is 32.2. The number of anilines is 1. The van der Waals surface area contributed by atoms with E-state index in [0.717, 1.165) is 50.0 Å². The van der Waals surface area contributed by atoms with Gasteiger partial charge in [-0.05, 0) is 67.3 Å². The maximum atomic E-state index is 12.9. The highest BCUT2D eigenvalue weighted by molar-refractivity contribution is 7.98. The summed E-state index contributed by atoms with van der Waals surface area (Å²) in [6.45, 7) is 4.10. The summed E-state index contributed by atoms with van der Waals surface area (Å²) in [5.41, 5.74) is 1.80. The van der Waals surface area contributed by atoms with Crippen LogP contribution in [0.3, 0.4) is 0 Å². The van der Waals surface area contributed by atoms with Crippen LogP contribution in [-0.2, 0) is 30.9 Å². The van der Waals surface area contributed by atoms with Gasteiger partial charge in [0.15, 0.2) is 0 Å². The minimum atomic E-state index is -3.75. The fourth-order valence-electron chi connectivity index (χ4n) is 3.70. The molecule has 9 heteroatoms. The van der Waals surface area contributed by atoms with Crippen LogP contribution in [0.2, 0.25) is 0 Å². The number of para-hydroxylation sites is 1. The molecule has 0 amide bonds. The maximum absolute atomic E-state index is 12.9. The Labute approximate surface area is 209 Å². The first-order chi connectivity index (χ1) is 16.7. The lowest BCUT2D eigenvalue weighted by Crippen LogP contribution is -2.22. The summed E-state index contributed by atoms with van der Waals surface area (Å²) in [7, 11) is -6.84. The summed E-state index contributed by atoms with van der Waals surface area (Å²) in [5.74, 6) is 10.6. The molecule has 35 heavy (non-hydrogen) atoms. The Morgan fingerprint density at radius 3 is 2.63 bits per heavy atom. The third-order valence-corrected chi connectivity index (χ3v) is 8.03. The fraction of sp³-hybridized carbons (Fsp3) is 0.423. The van der Waals surface area contributed by atoms with Crippen molar-refractivity contribution in [3.05, 3.63) is 53.6 Å². The zero-order valence-corrected chi connectivity index (χ0v) is 21.8. The molecule has 0 spiro atoms. The number of rotatable bonds is 10. The summed E-state index contributed by atoms with van der Waals surface area (Å²) < 4.78 is 52.1. The molecule has 1 aliphatic rings. The van der Waals surface area contributed by atoms with E-state index in [4.69, 9.17) is 14.6 Å². The molecule has 0 aliphatic carbocycles. The second-order valence-electron chi connectivity index (χ2n) is 8.63. The van der Waals surface area contributed by atoms with Gasteiger partial charge in [-0.25, -0.2) is 12.6 Å². The van der Waals surface area contributed by atoms with Crippen molar-refractivity contribution in [1.82, 2.24) is 0 Å². The van der Waals surface area contributed by atoms with Gasteiger partial charge in [-0.1, -0.05) is 37.0 Å². The highest BCUT2D eigenvalue weighted by Crippen LogP contribution is 2.25. The lowest BCUT2D eigenvalue weighted by atomic mass is 10.0. The van der Waals surface area contributed by atoms with Crippen LogP contribution in [0.15, 0.2) is 47.4 Å². The van der Waals surface area contributed by atoms with Gasteiger partial charge in [-0.15, -0.1) is 0 Å². The summed E-state index contributed by atoms with van der Waals surface area (Å²) in [5, 5.41) is 5.66. The van der Waals surface area contributed by atoms with E-state index in [-0.39, 0.29) is 22.8 Å². The minimum absolute atomic E-state index is 0.166. The van der Waals surface area contributed by atoms with Crippen molar-refractivity contribution in [3.8, 4) is 17.6 Å². The highest BCUT2D eigenvalue weighted by Gasteiger charge is 2.19. The normalized spacial score (nSPS) is 16.1. The molecular weight excluding hydrogens is 484 g/mol. The number of hydrogen-bond donors (Lipinski definition) is 2. The molecule has 1 unspecified atom stereocenters. The Bertz CT molecular complexity index is 1270. The molecule has 0 radical (unpaired) electrons. The Kier molecular flexibility index (Phi) is 9.63. The van der Waals surface area contributed by atoms with Crippen molar-refractivity contribution in [2.45, 2.75) is 43.9 Å². The number of aryl methyl sites for hydroxylation is 1. The predicted octanol–water partition coefficient (Wildman–Crippen LogP) is 3.58. The molecule has 0 aromatic heterocycles. The summed E-state index contributed by atoms with van der Waals surface area (Å²) >= 11 is 0. The minimum Gasteiger partial charge on any atom is -0.493 e. The van der Waals surface area contributed by atoms with E-state index in [2.05, 4.69) is 29.4 Å². The molecule has 1 saturated heterocycles. The molecule has 1 aliphatic heterocycles. The number of hydrogen-bond acceptors (Lipinski definition) is 5. The number of unbranched alkanes of at least 4 members (excludes halogenated alkanes) is 1. The van der Waals surface area contributed by atoms with Gasteiger partial charge in [0.2, 0.25) is 10.0 Å². The molecule has 2 aromatic carbocycles. The third kappa shape index (κ3) is 8.58. The van der Waals surface area contributed by atoms with E-state index >= 15 is 0 Å². The number of benzene rings is 2. The van der Waals surface area contributed by atoms with Gasteiger partial charge in [0.1, 0.15) is 5.75 Å². The van der Waals surface area contributed by atoms with Gasteiger partial charge < -0.3 is 9.47 Å². The van der Waals surface area contributed by atoms with Crippen LogP contribution >= 0.6 is 0 Å². The number of ether oxygens (including phenoxy) is 2. The molecular formula is C26H34N2O5S2. The molecule has 0 saturated carbocycles. The summed E-state index contributed by atoms with van der Waals surface area (Å²) in [4.78, 5) is 0.166. The maximum Gasteiger partial charge on any atom is 0.233 e. The largest absolute Gasteiger partial charge is 0.493 e. The SMILES string of the molecule is C=S(N)(=O)c1ccccc1NS(=O)(=O)CCc1ccc(C#CCCC)cc1OCC1CCOCC1. The average Bonchev–Trinajstić information content (AvgIpc) is 2.82. The van der Waals surface area contributed by atoms with Crippen LogP contribution in [0.1, 0.15) is 43.7 Å². The first-order valence-electron chi connectivity index (χ1n) is 11.7. The second kappa shape index (κ2) is 12.5. The number of nitrogens with two attached hydrogens (primary N) is 1. The number of sulfonamides is 1. The molecule has 190 valence electrons. The van der Waals surface area contributed by atoms with E-state index in [1.807, 2.05) is 18.2 Å². The molecule has 3 N–H and O–H groups in total. The van der Waals surface area contributed by atoms with Crippen LogP contribution in [-0.4, -0.2) is 44.1 Å². The van der Waals surface area contributed by atoms with Crippen molar-refractivity contribution >= 4 is 31.3 Å². The van der Waals surface area contributed by atoms with Gasteiger partial charge in [-0.2, -0.15) is 0 Å². The smallest absolute Gasteiger partial charge is 0.233 e. The van der Waals surface area contributed by atoms with Gasteiger partial charge in [0, 0.05) is 25.2 Å². The molecule has 0 bridgehead atoms. The molecule has 7 nitrogen and oxygen atoms in total. The summed E-state index contributed by atoms with van der Waals surface area (Å²) in [6.07, 6.45) is 3.93. The van der Waals surface area contributed by atoms with E-state index < -0.39 is 19.7 Å². The van der Waals surface area contributed by atoms with Crippen molar-refractivity contribution in [2.75, 3.05) is 30.3 Å². The third-order valence-electron chi connectivity index (χ3n) is 5.66. The first kappa shape index (κ1) is 27.1. The van der Waals surface area contributed by atoms with Crippen LogP contribution in [0.5, 0.6) is 5.75 Å². The van der Waals surface area contributed by atoms with Gasteiger partial charge in [0.05, 0.1) is 32.7 Å². The predicted molar refractivity (Wildman–Crippen MR) is 143 cm³/mol. The fourth-order valence-corrected chi connectivity index (χ4v) is 5.67. The van der Waals surface area contributed by atoms with E-state index in [9.17, 15) is 12.6 Å². The van der Waals surface area contributed by atoms with Crippen LogP contribution in [0, 0.1) is 17.8 Å². The zero-order chi connectivity index (χ0) is 25.3. The van der Waals surface area contributed by atoms with Crippen molar-refractivity contribution in [2.24, 2.45) is 11.1 Å². The Hall–Kier alpha value is -2.51. The van der Waals surface area contributed by atoms with E-state index in [0.29, 0.717) is 18.3 Å². The lowest BCUT2D eigenvalue weighted by Gasteiger charge is -2.23. The standard InChI is InChI=1S/C26H34N2O5S2/c1-3-4-5-8-21-11-12-23(25(19-21)33-20-22-13-16-32-17-14-22)15-18-35(30,31)28-24-9-6-7-10-26(24)34(2,27)29/h6-7,9-12,19,22,28H,2-4,13-18,20H2,1H3,(H2,27,29). The Morgan fingerprint density at radius 1 is 1.17 bits per heavy atom. The molecule has 2 aromatic rings. The van der Waals surface area contributed by atoms with E-state index in [1.54, 1.807) is 12.1 Å². The first-order valence-corrected chi connectivity index (χ1v) is 15.2. The van der Waals surface area contributed by atoms with E-state index in [1.165, 1.54) is 12.1 Å². The van der Waals surface area contributed by atoms with Gasteiger partial charge in [0.25, 0.3) is 0 Å². The molecule has 3 rings (SSSR count). The average molecular weight is 519 g/mol. The van der Waals surface area contributed by atoms with Crippen LogP contribution in [0.25, 0.3) is 0 Å². The molecule has 1 fully saturated rings. The Balaban J connectivity index is 1.76. The topological polar surface area (TPSA) is 108 Å². The van der Waals surface area contributed by atoms with Crippen LogP contribution in [0.4, 0.5) is 5.69 Å². The second-order valence-corrected chi connectivity index (χ2v) is 12.4. The summed E-state index contributed by atoms with van der Waals surface area (Å²) in [6, 6.07) is 12.0. The monoisotopic (exact) mass is 518 g/mol. The van der Waals surface area contributed by atoms with Crippen LogP contribution < -0.4 is 14.6 Å².